The minimum Gasteiger partial charge on any atom is -0.446 e. The number of nitrogens with one attached hydrogen (secondary N) is 1. The number of hydrogen-bond donors (Lipinski definition) is 1. The van der Waals surface area contributed by atoms with E-state index in [-0.39, 0.29) is 12.6 Å². The lowest BCUT2D eigenvalue weighted by molar-refractivity contribution is -0.119. The summed E-state index contributed by atoms with van der Waals surface area (Å²) in [6.45, 7) is 1.72. The predicted molar refractivity (Wildman–Crippen MR) is 69.9 cm³/mol. The molecule has 19 heavy (non-hydrogen) atoms. The van der Waals surface area contributed by atoms with Crippen molar-refractivity contribution in [3.63, 3.8) is 0 Å². The van der Waals surface area contributed by atoms with Crippen molar-refractivity contribution < 1.29 is 14.3 Å². The van der Waals surface area contributed by atoms with E-state index < -0.39 is 12.0 Å². The van der Waals surface area contributed by atoms with Crippen molar-refractivity contribution in [3.05, 3.63) is 30.3 Å². The van der Waals surface area contributed by atoms with Crippen molar-refractivity contribution in [3.8, 4) is 0 Å². The molecule has 1 unspecified atom stereocenters. The van der Waals surface area contributed by atoms with Gasteiger partial charge in [0.2, 0.25) is 0 Å². The topological polar surface area (TPSA) is 69.5 Å². The standard InChI is InChI=1S/C14H17N2O3/c1-10(11-7-8-11)19-14(18)15-9-13(17)16-12-5-3-2-4-6-12/h2-6,10-11H,7-9H2,1H3,(H,15,18). The lowest BCUT2D eigenvalue weighted by atomic mass is 10.3. The number of carbonyl (C=O) groups excluding carboxylic acids is 2. The molecule has 1 atom stereocenters. The SMILES string of the molecule is CC(OC(=O)NCC(=O)[N]c1ccccc1)C1CC1. The molecule has 0 heterocycles. The van der Waals surface area contributed by atoms with Gasteiger partial charge in [-0.15, -0.1) is 0 Å². The Morgan fingerprint density at radius 3 is 2.68 bits per heavy atom. The van der Waals surface area contributed by atoms with E-state index in [1.165, 1.54) is 0 Å². The Balaban J connectivity index is 1.66. The molecule has 2 amide bonds. The van der Waals surface area contributed by atoms with Crippen LogP contribution >= 0.6 is 0 Å². The number of para-hydroxylation sites is 1. The number of benzene rings is 1. The Labute approximate surface area is 112 Å². The van der Waals surface area contributed by atoms with E-state index in [1.807, 2.05) is 13.0 Å². The average Bonchev–Trinajstić information content (AvgIpc) is 3.22. The van der Waals surface area contributed by atoms with E-state index in [2.05, 4.69) is 10.6 Å². The van der Waals surface area contributed by atoms with Crippen LogP contribution in [0.3, 0.4) is 0 Å². The number of nitrogens with zero attached hydrogens (tertiary/aromatic N) is 1. The summed E-state index contributed by atoms with van der Waals surface area (Å²) in [6, 6.07) is 8.89. The van der Waals surface area contributed by atoms with Gasteiger partial charge in [-0.25, -0.2) is 10.1 Å². The zero-order chi connectivity index (χ0) is 13.7. The van der Waals surface area contributed by atoms with Crippen LogP contribution in [0.2, 0.25) is 0 Å². The van der Waals surface area contributed by atoms with Crippen molar-refractivity contribution in [2.24, 2.45) is 5.92 Å². The van der Waals surface area contributed by atoms with Crippen LogP contribution in [0.25, 0.3) is 0 Å². The first kappa shape index (κ1) is 13.4. The molecular formula is C14H17N2O3. The molecule has 0 saturated heterocycles. The van der Waals surface area contributed by atoms with E-state index in [1.54, 1.807) is 24.3 Å². The summed E-state index contributed by atoms with van der Waals surface area (Å²) in [5.41, 5.74) is 0.578. The van der Waals surface area contributed by atoms with Gasteiger partial charge in [-0.05, 0) is 37.8 Å². The monoisotopic (exact) mass is 261 g/mol. The van der Waals surface area contributed by atoms with E-state index in [0.29, 0.717) is 11.6 Å². The lowest BCUT2D eigenvalue weighted by Crippen LogP contribution is -2.34. The molecular weight excluding hydrogens is 244 g/mol. The second-order valence-corrected chi connectivity index (χ2v) is 4.64. The van der Waals surface area contributed by atoms with Crippen LogP contribution in [0.1, 0.15) is 19.8 Å². The molecule has 5 heteroatoms. The van der Waals surface area contributed by atoms with Crippen LogP contribution in [-0.4, -0.2) is 24.6 Å². The Bertz CT molecular complexity index is 443. The van der Waals surface area contributed by atoms with Gasteiger partial charge in [0, 0.05) is 0 Å². The third-order valence-electron chi connectivity index (χ3n) is 2.97. The third-order valence-corrected chi connectivity index (χ3v) is 2.97. The van der Waals surface area contributed by atoms with Gasteiger partial charge in [-0.2, -0.15) is 0 Å². The molecule has 0 aliphatic heterocycles. The summed E-state index contributed by atoms with van der Waals surface area (Å²) in [6.07, 6.45) is 1.57. The van der Waals surface area contributed by atoms with Gasteiger partial charge in [0.1, 0.15) is 12.6 Å². The molecule has 1 aliphatic rings. The molecule has 0 spiro atoms. The van der Waals surface area contributed by atoms with Gasteiger partial charge >= 0.3 is 6.09 Å². The first-order valence-corrected chi connectivity index (χ1v) is 6.39. The molecule has 1 aromatic rings. The Hall–Kier alpha value is -2.04. The molecule has 101 valence electrons. The van der Waals surface area contributed by atoms with E-state index >= 15 is 0 Å². The molecule has 0 aromatic heterocycles. The lowest BCUT2D eigenvalue weighted by Gasteiger charge is -2.12. The van der Waals surface area contributed by atoms with Crippen LogP contribution in [0.4, 0.5) is 10.5 Å². The van der Waals surface area contributed by atoms with Crippen molar-refractivity contribution >= 4 is 17.7 Å². The van der Waals surface area contributed by atoms with Gasteiger partial charge in [0.25, 0.3) is 5.91 Å². The number of hydrogen-bond acceptors (Lipinski definition) is 3. The molecule has 1 aromatic carbocycles. The van der Waals surface area contributed by atoms with Crippen molar-refractivity contribution in [1.29, 1.82) is 0 Å². The second-order valence-electron chi connectivity index (χ2n) is 4.64. The number of amides is 2. The summed E-state index contributed by atoms with van der Waals surface area (Å²) in [4.78, 5) is 22.9. The van der Waals surface area contributed by atoms with Gasteiger partial charge in [0.05, 0.1) is 5.69 Å². The normalized spacial score (nSPS) is 15.4. The minimum atomic E-state index is -0.559. The van der Waals surface area contributed by atoms with Crippen molar-refractivity contribution in [1.82, 2.24) is 10.6 Å². The van der Waals surface area contributed by atoms with Crippen LogP contribution in [0.15, 0.2) is 30.3 Å². The van der Waals surface area contributed by atoms with Crippen LogP contribution < -0.4 is 10.6 Å². The quantitative estimate of drug-likeness (QED) is 0.881. The first-order chi connectivity index (χ1) is 9.15. The highest BCUT2D eigenvalue weighted by molar-refractivity contribution is 5.85. The summed E-state index contributed by atoms with van der Waals surface area (Å²) >= 11 is 0. The van der Waals surface area contributed by atoms with Gasteiger partial charge in [0.15, 0.2) is 0 Å². The van der Waals surface area contributed by atoms with Gasteiger partial charge in [-0.1, -0.05) is 18.2 Å². The highest BCUT2D eigenvalue weighted by atomic mass is 16.6. The van der Waals surface area contributed by atoms with E-state index in [4.69, 9.17) is 4.74 Å². The number of ether oxygens (including phenoxy) is 1. The summed E-state index contributed by atoms with van der Waals surface area (Å²) in [5, 5.41) is 6.26. The van der Waals surface area contributed by atoms with Crippen molar-refractivity contribution in [2.75, 3.05) is 6.54 Å². The van der Waals surface area contributed by atoms with Crippen LogP contribution in [0.5, 0.6) is 0 Å². The van der Waals surface area contributed by atoms with Crippen LogP contribution in [-0.2, 0) is 9.53 Å². The molecule has 1 N–H and O–H groups in total. The zero-order valence-corrected chi connectivity index (χ0v) is 10.8. The molecule has 1 aliphatic carbocycles. The molecule has 1 radical (unpaired) electrons. The fraction of sp³-hybridized carbons (Fsp3) is 0.429. The maximum atomic E-state index is 11.5. The smallest absolute Gasteiger partial charge is 0.407 e. The Kier molecular flexibility index (Phi) is 4.39. The first-order valence-electron chi connectivity index (χ1n) is 6.39. The van der Waals surface area contributed by atoms with E-state index in [9.17, 15) is 9.59 Å². The van der Waals surface area contributed by atoms with Crippen LogP contribution in [0, 0.1) is 5.92 Å². The maximum Gasteiger partial charge on any atom is 0.407 e. The summed E-state index contributed by atoms with van der Waals surface area (Å²) < 4.78 is 5.13. The van der Waals surface area contributed by atoms with Crippen molar-refractivity contribution in [2.45, 2.75) is 25.9 Å². The fourth-order valence-corrected chi connectivity index (χ4v) is 1.71. The highest BCUT2D eigenvalue weighted by Crippen LogP contribution is 2.33. The molecule has 0 bridgehead atoms. The number of rotatable bonds is 5. The van der Waals surface area contributed by atoms with Gasteiger partial charge in [-0.3, -0.25) is 4.79 Å². The third kappa shape index (κ3) is 4.62. The molecule has 1 fully saturated rings. The number of alkyl carbamates (subject to hydrolysis) is 1. The zero-order valence-electron chi connectivity index (χ0n) is 10.8. The van der Waals surface area contributed by atoms with E-state index in [0.717, 1.165) is 12.8 Å². The Morgan fingerprint density at radius 2 is 2.05 bits per heavy atom. The Morgan fingerprint density at radius 1 is 1.37 bits per heavy atom. The van der Waals surface area contributed by atoms with Gasteiger partial charge < -0.3 is 10.1 Å². The second kappa shape index (κ2) is 6.22. The molecule has 5 nitrogen and oxygen atoms in total. The number of carbonyl (C=O) groups is 2. The predicted octanol–water partition coefficient (Wildman–Crippen LogP) is 1.97. The highest BCUT2D eigenvalue weighted by Gasteiger charge is 2.30. The summed E-state index contributed by atoms with van der Waals surface area (Å²) in [5.74, 6) is 0.0812. The molecule has 2 rings (SSSR count). The largest absolute Gasteiger partial charge is 0.446 e. The summed E-state index contributed by atoms with van der Waals surface area (Å²) in [7, 11) is 0. The molecule has 1 saturated carbocycles. The fourth-order valence-electron chi connectivity index (χ4n) is 1.71. The average molecular weight is 261 g/mol. The maximum absolute atomic E-state index is 11.5. The minimum absolute atomic E-state index is 0.0823.